The molecule has 1 aromatic carbocycles. The lowest BCUT2D eigenvalue weighted by molar-refractivity contribution is -0.170. The van der Waals surface area contributed by atoms with Crippen LogP contribution in [0, 0.1) is 0 Å². The van der Waals surface area contributed by atoms with Crippen molar-refractivity contribution in [3.05, 3.63) is 24.3 Å². The Morgan fingerprint density at radius 2 is 1.61 bits per heavy atom. The number of carbonyl (C=O) groups is 1. The molecule has 0 spiro atoms. The molecule has 1 fully saturated rings. The van der Waals surface area contributed by atoms with E-state index < -0.39 is 22.1 Å². The van der Waals surface area contributed by atoms with Crippen LogP contribution in [0.5, 0.6) is 0 Å². The van der Waals surface area contributed by atoms with E-state index in [1.165, 1.54) is 28.6 Å². The highest BCUT2D eigenvalue weighted by Gasteiger charge is 2.41. The Hall–Kier alpha value is -1.61. The monoisotopic (exact) mass is 350 g/mol. The van der Waals surface area contributed by atoms with E-state index in [1.807, 2.05) is 0 Å². The van der Waals surface area contributed by atoms with Crippen molar-refractivity contribution in [1.29, 1.82) is 0 Å². The van der Waals surface area contributed by atoms with Gasteiger partial charge in [0.1, 0.15) is 0 Å². The molecule has 0 aliphatic carbocycles. The second-order valence-electron chi connectivity index (χ2n) is 5.32. The smallest absolute Gasteiger partial charge is 0.308 e. The number of sulfonamides is 1. The van der Waals surface area contributed by atoms with E-state index in [9.17, 15) is 26.4 Å². The van der Waals surface area contributed by atoms with Gasteiger partial charge in [-0.25, -0.2) is 8.42 Å². The average Bonchev–Trinajstić information content (AvgIpc) is 2.53. The third-order valence-electron chi connectivity index (χ3n) is 3.72. The maximum Gasteiger partial charge on any atom is 0.471 e. The Morgan fingerprint density at radius 3 is 2.09 bits per heavy atom. The van der Waals surface area contributed by atoms with Crippen LogP contribution in [0.15, 0.2) is 29.2 Å². The zero-order valence-electron chi connectivity index (χ0n) is 12.5. The third-order valence-corrected chi connectivity index (χ3v) is 5.64. The summed E-state index contributed by atoms with van der Waals surface area (Å²) in [6.07, 6.45) is -2.41. The molecular formula is C14H17F3N2O3S. The van der Waals surface area contributed by atoms with Crippen LogP contribution in [0.4, 0.5) is 18.9 Å². The first kappa shape index (κ1) is 17.7. The summed E-state index contributed by atoms with van der Waals surface area (Å²) in [5.41, 5.74) is -0.0232. The van der Waals surface area contributed by atoms with Gasteiger partial charge in [-0.15, -0.1) is 0 Å². The summed E-state index contributed by atoms with van der Waals surface area (Å²) in [5.74, 6) is -2.01. The maximum absolute atomic E-state index is 12.4. The quantitative estimate of drug-likeness (QED) is 0.841. The maximum atomic E-state index is 12.4. The van der Waals surface area contributed by atoms with E-state index in [4.69, 9.17) is 0 Å². The van der Waals surface area contributed by atoms with Crippen molar-refractivity contribution in [3.8, 4) is 0 Å². The van der Waals surface area contributed by atoms with Gasteiger partial charge in [0.05, 0.1) is 4.90 Å². The Labute approximate surface area is 132 Å². The largest absolute Gasteiger partial charge is 0.471 e. The minimum absolute atomic E-state index is 0.0102. The Morgan fingerprint density at radius 1 is 1.09 bits per heavy atom. The highest BCUT2D eigenvalue weighted by molar-refractivity contribution is 7.89. The Balaban J connectivity index is 2.20. The molecule has 2 rings (SSSR count). The van der Waals surface area contributed by atoms with Crippen LogP contribution in [-0.2, 0) is 14.8 Å². The molecule has 0 saturated carbocycles. The van der Waals surface area contributed by atoms with E-state index in [1.54, 1.807) is 0 Å². The fourth-order valence-corrected chi connectivity index (χ4v) is 3.92. The fourth-order valence-electron chi connectivity index (χ4n) is 2.40. The Bertz CT molecular complexity index is 666. The zero-order chi connectivity index (χ0) is 17.3. The van der Waals surface area contributed by atoms with Crippen LogP contribution >= 0.6 is 0 Å². The van der Waals surface area contributed by atoms with Gasteiger partial charge in [-0.1, -0.05) is 6.42 Å². The van der Waals surface area contributed by atoms with E-state index in [-0.39, 0.29) is 10.6 Å². The molecule has 0 unspecified atom stereocenters. The van der Waals surface area contributed by atoms with E-state index in [2.05, 4.69) is 0 Å². The fraction of sp³-hybridized carbons (Fsp3) is 0.500. The van der Waals surface area contributed by atoms with Gasteiger partial charge in [0.2, 0.25) is 10.0 Å². The molecule has 1 heterocycles. The van der Waals surface area contributed by atoms with Gasteiger partial charge in [0.15, 0.2) is 0 Å². The number of amides is 1. The molecule has 0 aromatic heterocycles. The number of anilines is 1. The minimum Gasteiger partial charge on any atom is -0.308 e. The SMILES string of the molecule is CN(C(=O)C(F)(F)F)c1ccc(S(=O)(=O)N2CCCCC2)cc1. The van der Waals surface area contributed by atoms with Crippen LogP contribution in [0.1, 0.15) is 19.3 Å². The second kappa shape index (κ2) is 6.48. The summed E-state index contributed by atoms with van der Waals surface area (Å²) < 4.78 is 63.4. The van der Waals surface area contributed by atoms with Crippen molar-refractivity contribution >= 4 is 21.6 Å². The number of hydrogen-bond acceptors (Lipinski definition) is 3. The lowest BCUT2D eigenvalue weighted by Gasteiger charge is -2.26. The van der Waals surface area contributed by atoms with Crippen LogP contribution in [-0.4, -0.2) is 44.9 Å². The van der Waals surface area contributed by atoms with Gasteiger partial charge in [-0.3, -0.25) is 4.79 Å². The molecule has 128 valence electrons. The summed E-state index contributed by atoms with van der Waals surface area (Å²) in [6.45, 7) is 0.882. The summed E-state index contributed by atoms with van der Waals surface area (Å²) >= 11 is 0. The number of alkyl halides is 3. The lowest BCUT2D eigenvalue weighted by Crippen LogP contribution is -2.38. The predicted molar refractivity (Wildman–Crippen MR) is 78.5 cm³/mol. The molecule has 1 aliphatic heterocycles. The highest BCUT2D eigenvalue weighted by atomic mass is 32.2. The number of benzene rings is 1. The number of rotatable bonds is 3. The molecule has 1 saturated heterocycles. The summed E-state index contributed by atoms with van der Waals surface area (Å²) in [4.78, 5) is 11.6. The van der Waals surface area contributed by atoms with Gasteiger partial charge >= 0.3 is 12.1 Å². The van der Waals surface area contributed by atoms with E-state index in [0.29, 0.717) is 18.0 Å². The molecule has 0 atom stereocenters. The molecule has 5 nitrogen and oxygen atoms in total. The van der Waals surface area contributed by atoms with E-state index >= 15 is 0 Å². The van der Waals surface area contributed by atoms with Crippen LogP contribution in [0.25, 0.3) is 0 Å². The van der Waals surface area contributed by atoms with Gasteiger partial charge in [0, 0.05) is 25.8 Å². The first-order valence-corrected chi connectivity index (χ1v) is 8.53. The molecule has 0 bridgehead atoms. The van der Waals surface area contributed by atoms with Gasteiger partial charge in [0.25, 0.3) is 0 Å². The summed E-state index contributed by atoms with van der Waals surface area (Å²) in [7, 11) is -2.66. The van der Waals surface area contributed by atoms with Crippen molar-refractivity contribution in [3.63, 3.8) is 0 Å². The lowest BCUT2D eigenvalue weighted by atomic mass is 10.2. The van der Waals surface area contributed by atoms with Crippen molar-refractivity contribution in [2.24, 2.45) is 0 Å². The molecule has 9 heteroatoms. The Kier molecular flexibility index (Phi) is 5.00. The average molecular weight is 350 g/mol. The topological polar surface area (TPSA) is 57.7 Å². The number of carbonyl (C=O) groups excluding carboxylic acids is 1. The van der Waals surface area contributed by atoms with Crippen molar-refractivity contribution in [2.45, 2.75) is 30.3 Å². The predicted octanol–water partition coefficient (Wildman–Crippen LogP) is 2.39. The normalized spacial score (nSPS) is 17.0. The number of nitrogens with zero attached hydrogens (tertiary/aromatic N) is 2. The van der Waals surface area contributed by atoms with Gasteiger partial charge < -0.3 is 4.90 Å². The minimum atomic E-state index is -4.98. The molecule has 23 heavy (non-hydrogen) atoms. The van der Waals surface area contributed by atoms with Crippen LogP contribution < -0.4 is 4.90 Å². The first-order valence-electron chi connectivity index (χ1n) is 7.09. The molecule has 1 aliphatic rings. The van der Waals surface area contributed by atoms with Crippen molar-refractivity contribution in [1.82, 2.24) is 4.31 Å². The summed E-state index contributed by atoms with van der Waals surface area (Å²) in [5, 5.41) is 0. The van der Waals surface area contributed by atoms with Gasteiger partial charge in [-0.05, 0) is 37.1 Å². The third kappa shape index (κ3) is 3.84. The second-order valence-corrected chi connectivity index (χ2v) is 7.26. The van der Waals surface area contributed by atoms with Gasteiger partial charge in [-0.2, -0.15) is 17.5 Å². The van der Waals surface area contributed by atoms with Crippen LogP contribution in [0.2, 0.25) is 0 Å². The number of halogens is 3. The molecule has 0 radical (unpaired) electrons. The van der Waals surface area contributed by atoms with Crippen molar-refractivity contribution < 1.29 is 26.4 Å². The highest BCUT2D eigenvalue weighted by Crippen LogP contribution is 2.25. The van der Waals surface area contributed by atoms with Crippen molar-refractivity contribution in [2.75, 3.05) is 25.0 Å². The molecule has 1 aromatic rings. The van der Waals surface area contributed by atoms with Crippen LogP contribution in [0.3, 0.4) is 0 Å². The first-order chi connectivity index (χ1) is 10.6. The zero-order valence-corrected chi connectivity index (χ0v) is 13.3. The van der Waals surface area contributed by atoms with E-state index in [0.717, 1.165) is 26.3 Å². The molecular weight excluding hydrogens is 333 g/mol. The molecule has 1 amide bonds. The number of piperidine rings is 1. The standard InChI is InChI=1S/C14H17F3N2O3S/c1-18(13(20)14(15,16)17)11-5-7-12(8-6-11)23(21,22)19-9-3-2-4-10-19/h5-8H,2-4,9-10H2,1H3. The number of hydrogen-bond donors (Lipinski definition) is 0. The summed E-state index contributed by atoms with van der Waals surface area (Å²) in [6, 6.07) is 4.83. The molecule has 0 N–H and O–H groups in total.